The number of hydrogen-bond acceptors (Lipinski definition) is 4. The Bertz CT molecular complexity index is 610. The Morgan fingerprint density at radius 2 is 1.78 bits per heavy atom. The normalized spacial score (nSPS) is 13.3. The number of hydrogen-bond donors (Lipinski definition) is 2. The number of carbonyl (C=O) groups excluding carboxylic acids is 1. The monoisotopic (exact) mass is 313 g/mol. The van der Waals surface area contributed by atoms with Crippen LogP contribution in [-0.4, -0.2) is 30.8 Å². The van der Waals surface area contributed by atoms with E-state index >= 15 is 0 Å². The van der Waals surface area contributed by atoms with Gasteiger partial charge in [-0.2, -0.15) is 0 Å². The van der Waals surface area contributed by atoms with Gasteiger partial charge in [0.2, 0.25) is 0 Å². The van der Waals surface area contributed by atoms with Gasteiger partial charge in [-0.25, -0.2) is 4.79 Å². The van der Waals surface area contributed by atoms with Gasteiger partial charge in [0, 0.05) is 12.6 Å². The quantitative estimate of drug-likeness (QED) is 0.772. The Hall–Kier alpha value is -2.17. The Kier molecular flexibility index (Phi) is 6.32. The average molecular weight is 313 g/mol. The van der Waals surface area contributed by atoms with Gasteiger partial charge in [0.05, 0.1) is 18.8 Å². The van der Waals surface area contributed by atoms with E-state index in [4.69, 9.17) is 0 Å². The van der Waals surface area contributed by atoms with Crippen LogP contribution in [0.1, 0.15) is 34.5 Å². The maximum absolute atomic E-state index is 11.4. The fourth-order valence-electron chi connectivity index (χ4n) is 2.43. The Labute approximate surface area is 137 Å². The molecule has 2 atom stereocenters. The van der Waals surface area contributed by atoms with E-state index in [1.165, 1.54) is 7.11 Å². The molecule has 0 fully saturated rings. The molecule has 2 N–H and O–H groups in total. The Morgan fingerprint density at radius 3 is 2.39 bits per heavy atom. The number of nitrogens with one attached hydrogen (secondary N) is 1. The predicted molar refractivity (Wildman–Crippen MR) is 90.4 cm³/mol. The molecule has 0 aromatic heterocycles. The summed E-state index contributed by atoms with van der Waals surface area (Å²) in [7, 11) is 1.38. The summed E-state index contributed by atoms with van der Waals surface area (Å²) in [6, 6.07) is 17.2. The van der Waals surface area contributed by atoms with Crippen LogP contribution < -0.4 is 5.32 Å². The molecule has 0 bridgehead atoms. The lowest BCUT2D eigenvalue weighted by atomic mass is 10.0. The molecule has 0 radical (unpaired) electrons. The predicted octanol–water partition coefficient (Wildman–Crippen LogP) is 2.73. The molecule has 0 aliphatic rings. The van der Waals surface area contributed by atoms with Gasteiger partial charge in [-0.3, -0.25) is 0 Å². The zero-order valence-electron chi connectivity index (χ0n) is 13.5. The number of esters is 1. The van der Waals surface area contributed by atoms with Gasteiger partial charge >= 0.3 is 5.97 Å². The molecule has 4 heteroatoms. The molecule has 0 aliphatic heterocycles. The molecule has 4 nitrogen and oxygen atoms in total. The number of methoxy groups -OCH3 is 1. The Morgan fingerprint density at radius 1 is 1.13 bits per heavy atom. The second-order valence-corrected chi connectivity index (χ2v) is 5.63. The number of carbonyl (C=O) groups is 1. The fourth-order valence-corrected chi connectivity index (χ4v) is 2.43. The minimum absolute atomic E-state index is 0.220. The summed E-state index contributed by atoms with van der Waals surface area (Å²) in [4.78, 5) is 11.4. The lowest BCUT2D eigenvalue weighted by Gasteiger charge is -2.17. The van der Waals surface area contributed by atoms with Gasteiger partial charge in [-0.05, 0) is 36.6 Å². The number of aliphatic hydroxyl groups is 1. The van der Waals surface area contributed by atoms with Crippen molar-refractivity contribution in [2.75, 3.05) is 13.7 Å². The van der Waals surface area contributed by atoms with Crippen molar-refractivity contribution in [2.24, 2.45) is 0 Å². The van der Waals surface area contributed by atoms with Gasteiger partial charge in [-0.1, -0.05) is 42.5 Å². The second kappa shape index (κ2) is 8.46. The van der Waals surface area contributed by atoms with Crippen molar-refractivity contribution >= 4 is 5.97 Å². The third kappa shape index (κ3) is 5.20. The maximum atomic E-state index is 11.4. The summed E-state index contributed by atoms with van der Waals surface area (Å²) >= 11 is 0. The first-order chi connectivity index (χ1) is 11.1. The lowest BCUT2D eigenvalue weighted by molar-refractivity contribution is 0.0600. The summed E-state index contributed by atoms with van der Waals surface area (Å²) in [5.41, 5.74) is 2.60. The van der Waals surface area contributed by atoms with E-state index in [0.29, 0.717) is 12.1 Å². The highest BCUT2D eigenvalue weighted by Gasteiger charge is 2.10. The largest absolute Gasteiger partial charge is 0.465 e. The lowest BCUT2D eigenvalue weighted by Crippen LogP contribution is -2.32. The first kappa shape index (κ1) is 17.2. The number of benzene rings is 2. The number of aliphatic hydroxyl groups excluding tert-OH is 1. The molecule has 2 aromatic carbocycles. The molecule has 122 valence electrons. The van der Waals surface area contributed by atoms with E-state index in [1.54, 1.807) is 12.1 Å². The first-order valence-corrected chi connectivity index (χ1v) is 7.74. The standard InChI is InChI=1S/C19H23NO3/c1-14(20-13-18(21)16-6-4-3-5-7-16)12-15-8-10-17(11-9-15)19(22)23-2/h3-11,14,18,20-21H,12-13H2,1-2H3/t14?,18-/m1/s1. The third-order valence-electron chi connectivity index (χ3n) is 3.76. The van der Waals surface area contributed by atoms with E-state index in [0.717, 1.165) is 17.5 Å². The van der Waals surface area contributed by atoms with Crippen molar-refractivity contribution < 1.29 is 14.6 Å². The van der Waals surface area contributed by atoms with Crippen LogP contribution in [0.5, 0.6) is 0 Å². The van der Waals surface area contributed by atoms with Crippen molar-refractivity contribution in [3.8, 4) is 0 Å². The molecule has 0 saturated heterocycles. The zero-order chi connectivity index (χ0) is 16.7. The molecular formula is C19H23NO3. The van der Waals surface area contributed by atoms with E-state index < -0.39 is 6.10 Å². The highest BCUT2D eigenvalue weighted by Crippen LogP contribution is 2.12. The first-order valence-electron chi connectivity index (χ1n) is 7.74. The van der Waals surface area contributed by atoms with Crippen LogP contribution in [0.4, 0.5) is 0 Å². The summed E-state index contributed by atoms with van der Waals surface area (Å²) in [6.07, 6.45) is 0.309. The van der Waals surface area contributed by atoms with Crippen molar-refractivity contribution in [1.29, 1.82) is 0 Å². The zero-order valence-corrected chi connectivity index (χ0v) is 13.5. The molecule has 1 unspecified atom stereocenters. The van der Waals surface area contributed by atoms with Crippen LogP contribution in [0.15, 0.2) is 54.6 Å². The van der Waals surface area contributed by atoms with Crippen LogP contribution in [0.3, 0.4) is 0 Å². The molecule has 2 aromatic rings. The van der Waals surface area contributed by atoms with Crippen LogP contribution in [-0.2, 0) is 11.2 Å². The van der Waals surface area contributed by atoms with E-state index in [9.17, 15) is 9.90 Å². The molecule has 0 spiro atoms. The topological polar surface area (TPSA) is 58.6 Å². The van der Waals surface area contributed by atoms with Gasteiger partial charge in [0.15, 0.2) is 0 Å². The molecule has 0 heterocycles. The molecule has 2 rings (SSSR count). The average Bonchev–Trinajstić information content (AvgIpc) is 2.60. The molecule has 23 heavy (non-hydrogen) atoms. The van der Waals surface area contributed by atoms with E-state index in [1.807, 2.05) is 42.5 Å². The minimum atomic E-state index is -0.514. The molecule has 0 amide bonds. The third-order valence-corrected chi connectivity index (χ3v) is 3.76. The SMILES string of the molecule is COC(=O)c1ccc(CC(C)NC[C@@H](O)c2ccccc2)cc1. The minimum Gasteiger partial charge on any atom is -0.465 e. The summed E-state index contributed by atoms with van der Waals surface area (Å²) < 4.78 is 4.69. The van der Waals surface area contributed by atoms with Gasteiger partial charge < -0.3 is 15.2 Å². The van der Waals surface area contributed by atoms with Crippen molar-refractivity contribution in [3.05, 3.63) is 71.3 Å². The maximum Gasteiger partial charge on any atom is 0.337 e. The van der Waals surface area contributed by atoms with Crippen LogP contribution >= 0.6 is 0 Å². The van der Waals surface area contributed by atoms with E-state index in [-0.39, 0.29) is 12.0 Å². The number of rotatable bonds is 7. The van der Waals surface area contributed by atoms with Crippen molar-refractivity contribution in [2.45, 2.75) is 25.5 Å². The van der Waals surface area contributed by atoms with Crippen molar-refractivity contribution in [1.82, 2.24) is 5.32 Å². The summed E-state index contributed by atoms with van der Waals surface area (Å²) in [6.45, 7) is 2.58. The highest BCUT2D eigenvalue weighted by molar-refractivity contribution is 5.89. The fraction of sp³-hybridized carbons (Fsp3) is 0.316. The highest BCUT2D eigenvalue weighted by atomic mass is 16.5. The van der Waals surface area contributed by atoms with Crippen LogP contribution in [0.25, 0.3) is 0 Å². The number of ether oxygens (including phenoxy) is 1. The van der Waals surface area contributed by atoms with Crippen LogP contribution in [0, 0.1) is 0 Å². The Balaban J connectivity index is 1.82. The summed E-state index contributed by atoms with van der Waals surface area (Å²) in [5.74, 6) is -0.325. The summed E-state index contributed by atoms with van der Waals surface area (Å²) in [5, 5.41) is 13.5. The molecule has 0 aliphatic carbocycles. The van der Waals surface area contributed by atoms with Gasteiger partial charge in [0.25, 0.3) is 0 Å². The van der Waals surface area contributed by atoms with Gasteiger partial charge in [0.1, 0.15) is 0 Å². The van der Waals surface area contributed by atoms with Gasteiger partial charge in [-0.15, -0.1) is 0 Å². The van der Waals surface area contributed by atoms with Crippen LogP contribution in [0.2, 0.25) is 0 Å². The molecule has 0 saturated carbocycles. The molecular weight excluding hydrogens is 290 g/mol. The smallest absolute Gasteiger partial charge is 0.337 e. The van der Waals surface area contributed by atoms with Crippen molar-refractivity contribution in [3.63, 3.8) is 0 Å². The van der Waals surface area contributed by atoms with E-state index in [2.05, 4.69) is 17.0 Å². The second-order valence-electron chi connectivity index (χ2n) is 5.63.